The van der Waals surface area contributed by atoms with Crippen molar-refractivity contribution in [3.8, 4) is 5.75 Å². The largest absolute Gasteiger partial charge is 0.421 e. The molecule has 0 aliphatic carbocycles. The Bertz CT molecular complexity index is 698. The number of nitrogens with zero attached hydrogens (tertiary/aromatic N) is 3. The van der Waals surface area contributed by atoms with Gasteiger partial charge in [0.25, 0.3) is 0 Å². The Morgan fingerprint density at radius 2 is 2.00 bits per heavy atom. The van der Waals surface area contributed by atoms with Crippen LogP contribution in [0.5, 0.6) is 5.75 Å². The fourth-order valence-electron chi connectivity index (χ4n) is 2.17. The SMILES string of the molecule is CNC(=O)Nc1cc2n(n1)CCN2C(=O)Oc1ccccc1. The van der Waals surface area contributed by atoms with Crippen LogP contribution < -0.4 is 20.3 Å². The first-order valence-electron chi connectivity index (χ1n) is 6.78. The van der Waals surface area contributed by atoms with Gasteiger partial charge in [0.2, 0.25) is 0 Å². The van der Waals surface area contributed by atoms with Crippen LogP contribution in [0.4, 0.5) is 21.2 Å². The van der Waals surface area contributed by atoms with Crippen molar-refractivity contribution < 1.29 is 14.3 Å². The van der Waals surface area contributed by atoms with E-state index in [-0.39, 0.29) is 6.03 Å². The maximum absolute atomic E-state index is 12.2. The van der Waals surface area contributed by atoms with E-state index in [9.17, 15) is 9.59 Å². The van der Waals surface area contributed by atoms with Crippen LogP contribution in [0.15, 0.2) is 36.4 Å². The Hall–Kier alpha value is -3.03. The summed E-state index contributed by atoms with van der Waals surface area (Å²) in [6.07, 6.45) is -0.476. The second-order valence-corrected chi connectivity index (χ2v) is 4.65. The molecule has 8 nitrogen and oxygen atoms in total. The minimum absolute atomic E-state index is 0.366. The molecule has 0 atom stereocenters. The van der Waals surface area contributed by atoms with Crippen molar-refractivity contribution in [2.75, 3.05) is 23.8 Å². The molecule has 0 radical (unpaired) electrons. The number of nitrogens with one attached hydrogen (secondary N) is 2. The Labute approximate surface area is 126 Å². The number of hydrogen-bond acceptors (Lipinski definition) is 4. The van der Waals surface area contributed by atoms with Gasteiger partial charge < -0.3 is 10.1 Å². The summed E-state index contributed by atoms with van der Waals surface area (Å²) < 4.78 is 6.96. The van der Waals surface area contributed by atoms with E-state index in [4.69, 9.17) is 4.74 Å². The first kappa shape index (κ1) is 13.9. The number of carbonyl (C=O) groups is 2. The smallest absolute Gasteiger partial charge is 0.410 e. The molecule has 3 amide bonds. The second kappa shape index (κ2) is 5.76. The fraction of sp³-hybridized carbons (Fsp3) is 0.214. The topological polar surface area (TPSA) is 88.5 Å². The van der Waals surface area contributed by atoms with E-state index >= 15 is 0 Å². The highest BCUT2D eigenvalue weighted by Gasteiger charge is 2.28. The van der Waals surface area contributed by atoms with Crippen LogP contribution in [0.1, 0.15) is 0 Å². The molecule has 0 bridgehead atoms. The Morgan fingerprint density at radius 3 is 2.73 bits per heavy atom. The number of urea groups is 1. The Morgan fingerprint density at radius 1 is 1.23 bits per heavy atom. The van der Waals surface area contributed by atoms with Crippen LogP contribution in [0.25, 0.3) is 0 Å². The highest BCUT2D eigenvalue weighted by atomic mass is 16.6. The number of ether oxygens (including phenoxy) is 1. The molecule has 0 saturated heterocycles. The van der Waals surface area contributed by atoms with Gasteiger partial charge in [0.1, 0.15) is 11.6 Å². The van der Waals surface area contributed by atoms with Gasteiger partial charge in [0, 0.05) is 13.1 Å². The number of rotatable bonds is 2. The molecule has 1 aromatic heterocycles. The van der Waals surface area contributed by atoms with Gasteiger partial charge in [0.15, 0.2) is 5.82 Å². The zero-order chi connectivity index (χ0) is 15.5. The van der Waals surface area contributed by atoms with Gasteiger partial charge in [-0.1, -0.05) is 18.2 Å². The van der Waals surface area contributed by atoms with E-state index in [1.807, 2.05) is 6.07 Å². The lowest BCUT2D eigenvalue weighted by atomic mass is 10.3. The molecule has 3 rings (SSSR count). The third kappa shape index (κ3) is 2.71. The van der Waals surface area contributed by atoms with Crippen molar-refractivity contribution in [1.82, 2.24) is 15.1 Å². The predicted octanol–water partition coefficient (Wildman–Crippen LogP) is 1.65. The third-order valence-electron chi connectivity index (χ3n) is 3.21. The molecule has 0 fully saturated rings. The van der Waals surface area contributed by atoms with Crippen molar-refractivity contribution in [3.63, 3.8) is 0 Å². The zero-order valence-corrected chi connectivity index (χ0v) is 11.9. The number of fused-ring (bicyclic) bond motifs is 1. The van der Waals surface area contributed by atoms with Crippen molar-refractivity contribution >= 4 is 23.8 Å². The van der Waals surface area contributed by atoms with Gasteiger partial charge in [-0.25, -0.2) is 14.3 Å². The van der Waals surface area contributed by atoms with Crippen molar-refractivity contribution in [2.24, 2.45) is 0 Å². The molecule has 1 aliphatic rings. The lowest BCUT2D eigenvalue weighted by Gasteiger charge is -2.14. The molecule has 22 heavy (non-hydrogen) atoms. The lowest BCUT2D eigenvalue weighted by Crippen LogP contribution is -2.31. The summed E-state index contributed by atoms with van der Waals surface area (Å²) in [7, 11) is 1.52. The highest BCUT2D eigenvalue weighted by molar-refractivity contribution is 5.92. The second-order valence-electron chi connectivity index (χ2n) is 4.65. The van der Waals surface area contributed by atoms with Crippen molar-refractivity contribution in [1.29, 1.82) is 0 Å². The summed E-state index contributed by atoms with van der Waals surface area (Å²) in [6, 6.07) is 10.1. The van der Waals surface area contributed by atoms with Gasteiger partial charge >= 0.3 is 12.1 Å². The quantitative estimate of drug-likeness (QED) is 0.883. The molecule has 1 aliphatic heterocycles. The lowest BCUT2D eigenvalue weighted by molar-refractivity contribution is 0.208. The summed E-state index contributed by atoms with van der Waals surface area (Å²) in [4.78, 5) is 25.0. The van der Waals surface area contributed by atoms with Crippen LogP contribution >= 0.6 is 0 Å². The van der Waals surface area contributed by atoms with Crippen LogP contribution in [-0.4, -0.2) is 35.5 Å². The normalized spacial score (nSPS) is 12.7. The number of carbonyl (C=O) groups excluding carboxylic acids is 2. The summed E-state index contributed by atoms with van der Waals surface area (Å²) in [5.41, 5.74) is 0. The van der Waals surface area contributed by atoms with E-state index < -0.39 is 6.09 Å². The summed E-state index contributed by atoms with van der Waals surface area (Å²) in [6.45, 7) is 1.03. The van der Waals surface area contributed by atoms with Crippen molar-refractivity contribution in [2.45, 2.75) is 6.54 Å². The Balaban J connectivity index is 1.73. The molecule has 0 saturated carbocycles. The molecule has 114 valence electrons. The number of benzene rings is 1. The summed E-state index contributed by atoms with van der Waals surface area (Å²) >= 11 is 0. The van der Waals surface area contributed by atoms with E-state index in [1.165, 1.54) is 11.9 Å². The van der Waals surface area contributed by atoms with Gasteiger partial charge in [-0.05, 0) is 12.1 Å². The molecule has 1 aromatic carbocycles. The fourth-order valence-corrected chi connectivity index (χ4v) is 2.17. The summed E-state index contributed by atoms with van der Waals surface area (Å²) in [5, 5.41) is 9.22. The molecule has 0 unspecified atom stereocenters. The monoisotopic (exact) mass is 301 g/mol. The van der Waals surface area contributed by atoms with Gasteiger partial charge in [-0.3, -0.25) is 10.2 Å². The molecule has 2 heterocycles. The molecular formula is C14H15N5O3. The van der Waals surface area contributed by atoms with Gasteiger partial charge in [0.05, 0.1) is 13.1 Å². The van der Waals surface area contributed by atoms with E-state index in [0.717, 1.165) is 0 Å². The Kier molecular flexibility index (Phi) is 3.65. The van der Waals surface area contributed by atoms with Gasteiger partial charge in [-0.15, -0.1) is 0 Å². The molecule has 8 heteroatoms. The van der Waals surface area contributed by atoms with Crippen LogP contribution in [0.3, 0.4) is 0 Å². The molecule has 2 aromatic rings. The number of amides is 3. The summed E-state index contributed by atoms with van der Waals surface area (Å²) in [5.74, 6) is 1.45. The number of aromatic nitrogens is 2. The highest BCUT2D eigenvalue weighted by Crippen LogP contribution is 2.25. The maximum Gasteiger partial charge on any atom is 0.421 e. The first-order chi connectivity index (χ1) is 10.7. The maximum atomic E-state index is 12.2. The molecule has 0 spiro atoms. The minimum Gasteiger partial charge on any atom is -0.410 e. The van der Waals surface area contributed by atoms with E-state index in [2.05, 4.69) is 15.7 Å². The number of hydrogen-bond donors (Lipinski definition) is 2. The molecule has 2 N–H and O–H groups in total. The average molecular weight is 301 g/mol. The van der Waals surface area contributed by atoms with Crippen molar-refractivity contribution in [3.05, 3.63) is 36.4 Å². The third-order valence-corrected chi connectivity index (χ3v) is 3.21. The number of para-hydroxylation sites is 1. The first-order valence-corrected chi connectivity index (χ1v) is 6.78. The standard InChI is InChI=1S/C14H15N5O3/c1-15-13(20)16-11-9-12-18(7-8-19(12)17-11)14(21)22-10-5-3-2-4-6-10/h2-6,9H,7-8H2,1H3,(H2,15,16,17,20). The zero-order valence-electron chi connectivity index (χ0n) is 11.9. The van der Waals surface area contributed by atoms with E-state index in [0.29, 0.717) is 30.5 Å². The average Bonchev–Trinajstić information content (AvgIpc) is 3.07. The van der Waals surface area contributed by atoms with Crippen LogP contribution in [0.2, 0.25) is 0 Å². The molecular weight excluding hydrogens is 286 g/mol. The van der Waals surface area contributed by atoms with Crippen LogP contribution in [-0.2, 0) is 6.54 Å². The number of anilines is 2. The van der Waals surface area contributed by atoms with Gasteiger partial charge in [-0.2, -0.15) is 5.10 Å². The predicted molar refractivity (Wildman–Crippen MR) is 80.1 cm³/mol. The van der Waals surface area contributed by atoms with E-state index in [1.54, 1.807) is 35.0 Å². The van der Waals surface area contributed by atoms with Crippen LogP contribution in [0, 0.1) is 0 Å². The minimum atomic E-state index is -0.476.